The highest BCUT2D eigenvalue weighted by Gasteiger charge is 2.22. The van der Waals surface area contributed by atoms with Crippen molar-refractivity contribution in [2.45, 2.75) is 53.0 Å². The van der Waals surface area contributed by atoms with Crippen molar-refractivity contribution in [2.75, 3.05) is 26.2 Å². The Balaban J connectivity index is 2.29. The van der Waals surface area contributed by atoms with Crippen LogP contribution < -0.4 is 5.32 Å². The van der Waals surface area contributed by atoms with Crippen LogP contribution in [0.4, 0.5) is 0 Å². The topological polar surface area (TPSA) is 15.3 Å². The maximum atomic E-state index is 3.62. The van der Waals surface area contributed by atoms with Gasteiger partial charge in [-0.15, -0.1) is 0 Å². The standard InChI is InChI=1S/C14H30N2/c1-12(2)9-15-10-14-7-5-6-8-16(14)11-13(3)4/h12-15H,5-11H2,1-4H3. The monoisotopic (exact) mass is 226 g/mol. The Morgan fingerprint density at radius 2 is 1.88 bits per heavy atom. The molecule has 96 valence electrons. The third-order valence-corrected chi connectivity index (χ3v) is 3.28. The van der Waals surface area contributed by atoms with Gasteiger partial charge in [0.25, 0.3) is 0 Å². The van der Waals surface area contributed by atoms with Crippen molar-refractivity contribution >= 4 is 0 Å². The van der Waals surface area contributed by atoms with Gasteiger partial charge in [-0.05, 0) is 37.8 Å². The van der Waals surface area contributed by atoms with Crippen LogP contribution in [-0.2, 0) is 0 Å². The molecule has 0 bridgehead atoms. The molecule has 0 radical (unpaired) electrons. The molecule has 1 atom stereocenters. The van der Waals surface area contributed by atoms with Gasteiger partial charge in [-0.2, -0.15) is 0 Å². The first kappa shape index (κ1) is 14.0. The predicted octanol–water partition coefficient (Wildman–Crippen LogP) is 2.74. The third kappa shape index (κ3) is 5.31. The number of piperidine rings is 1. The molecule has 0 saturated carbocycles. The van der Waals surface area contributed by atoms with Crippen LogP contribution in [0.3, 0.4) is 0 Å². The molecular weight excluding hydrogens is 196 g/mol. The number of nitrogens with one attached hydrogen (secondary N) is 1. The van der Waals surface area contributed by atoms with Gasteiger partial charge in [-0.1, -0.05) is 34.1 Å². The van der Waals surface area contributed by atoms with E-state index >= 15 is 0 Å². The van der Waals surface area contributed by atoms with Gasteiger partial charge in [0.2, 0.25) is 0 Å². The zero-order valence-electron chi connectivity index (χ0n) is 11.6. The SMILES string of the molecule is CC(C)CNCC1CCCCN1CC(C)C. The molecule has 0 spiro atoms. The first-order valence-electron chi connectivity index (χ1n) is 7.04. The molecular formula is C14H30N2. The molecule has 1 saturated heterocycles. The number of likely N-dealkylation sites (tertiary alicyclic amines) is 1. The van der Waals surface area contributed by atoms with Crippen molar-refractivity contribution < 1.29 is 0 Å². The molecule has 0 aliphatic carbocycles. The molecule has 0 aromatic heterocycles. The lowest BCUT2D eigenvalue weighted by atomic mass is 10.0. The normalized spacial score (nSPS) is 23.2. The van der Waals surface area contributed by atoms with Crippen molar-refractivity contribution in [3.8, 4) is 0 Å². The van der Waals surface area contributed by atoms with Crippen LogP contribution in [0.5, 0.6) is 0 Å². The maximum absolute atomic E-state index is 3.62. The van der Waals surface area contributed by atoms with Crippen LogP contribution in [0.1, 0.15) is 47.0 Å². The highest BCUT2D eigenvalue weighted by molar-refractivity contribution is 4.79. The summed E-state index contributed by atoms with van der Waals surface area (Å²) in [5.74, 6) is 1.56. The van der Waals surface area contributed by atoms with Gasteiger partial charge in [0.15, 0.2) is 0 Å². The Hall–Kier alpha value is -0.0800. The molecule has 1 unspecified atom stereocenters. The van der Waals surface area contributed by atoms with Gasteiger partial charge in [-0.25, -0.2) is 0 Å². The van der Waals surface area contributed by atoms with Crippen LogP contribution in [0.25, 0.3) is 0 Å². The Bertz CT molecular complexity index is 178. The van der Waals surface area contributed by atoms with E-state index in [9.17, 15) is 0 Å². The number of hydrogen-bond acceptors (Lipinski definition) is 2. The fourth-order valence-corrected chi connectivity index (χ4v) is 2.54. The summed E-state index contributed by atoms with van der Waals surface area (Å²) in [6, 6.07) is 0.787. The quantitative estimate of drug-likeness (QED) is 0.749. The Morgan fingerprint density at radius 1 is 1.12 bits per heavy atom. The number of hydrogen-bond donors (Lipinski definition) is 1. The highest BCUT2D eigenvalue weighted by atomic mass is 15.2. The molecule has 0 aromatic carbocycles. The first-order valence-corrected chi connectivity index (χ1v) is 7.04. The van der Waals surface area contributed by atoms with E-state index in [1.807, 2.05) is 0 Å². The molecule has 1 aliphatic heterocycles. The van der Waals surface area contributed by atoms with Crippen LogP contribution in [0.15, 0.2) is 0 Å². The molecule has 1 heterocycles. The van der Waals surface area contributed by atoms with E-state index in [-0.39, 0.29) is 0 Å². The minimum absolute atomic E-state index is 0.766. The Kier molecular flexibility index (Phi) is 6.37. The summed E-state index contributed by atoms with van der Waals surface area (Å²) in [5, 5.41) is 3.62. The second-order valence-corrected chi connectivity index (χ2v) is 6.09. The fraction of sp³-hybridized carbons (Fsp3) is 1.00. The summed E-state index contributed by atoms with van der Waals surface area (Å²) in [6.45, 7) is 14.1. The average Bonchev–Trinajstić information content (AvgIpc) is 2.19. The van der Waals surface area contributed by atoms with Gasteiger partial charge in [0.1, 0.15) is 0 Å². The third-order valence-electron chi connectivity index (χ3n) is 3.28. The van der Waals surface area contributed by atoms with Crippen molar-refractivity contribution in [1.29, 1.82) is 0 Å². The predicted molar refractivity (Wildman–Crippen MR) is 71.8 cm³/mol. The summed E-state index contributed by atoms with van der Waals surface area (Å²) in [4.78, 5) is 2.70. The molecule has 0 aromatic rings. The van der Waals surface area contributed by atoms with E-state index in [1.165, 1.54) is 38.9 Å². The smallest absolute Gasteiger partial charge is 0.0220 e. The molecule has 1 N–H and O–H groups in total. The van der Waals surface area contributed by atoms with Gasteiger partial charge < -0.3 is 5.32 Å². The lowest BCUT2D eigenvalue weighted by Gasteiger charge is -2.37. The second-order valence-electron chi connectivity index (χ2n) is 6.09. The largest absolute Gasteiger partial charge is 0.315 e. The minimum Gasteiger partial charge on any atom is -0.315 e. The lowest BCUT2D eigenvalue weighted by molar-refractivity contribution is 0.129. The average molecular weight is 226 g/mol. The molecule has 1 rings (SSSR count). The zero-order valence-corrected chi connectivity index (χ0v) is 11.6. The summed E-state index contributed by atoms with van der Waals surface area (Å²) in [7, 11) is 0. The van der Waals surface area contributed by atoms with E-state index in [0.29, 0.717) is 0 Å². The summed E-state index contributed by atoms with van der Waals surface area (Å²) < 4.78 is 0. The first-order chi connectivity index (χ1) is 7.59. The van der Waals surface area contributed by atoms with E-state index in [0.717, 1.165) is 24.4 Å². The maximum Gasteiger partial charge on any atom is 0.0220 e. The molecule has 16 heavy (non-hydrogen) atoms. The van der Waals surface area contributed by atoms with Crippen molar-refractivity contribution in [3.05, 3.63) is 0 Å². The van der Waals surface area contributed by atoms with Gasteiger partial charge in [-0.3, -0.25) is 4.90 Å². The van der Waals surface area contributed by atoms with E-state index in [1.54, 1.807) is 0 Å². The van der Waals surface area contributed by atoms with Crippen LogP contribution >= 0.6 is 0 Å². The van der Waals surface area contributed by atoms with E-state index in [4.69, 9.17) is 0 Å². The zero-order chi connectivity index (χ0) is 12.0. The molecule has 2 heteroatoms. The van der Waals surface area contributed by atoms with Crippen molar-refractivity contribution in [1.82, 2.24) is 10.2 Å². The molecule has 1 fully saturated rings. The number of nitrogens with zero attached hydrogens (tertiary/aromatic N) is 1. The van der Waals surface area contributed by atoms with E-state index in [2.05, 4.69) is 37.9 Å². The summed E-state index contributed by atoms with van der Waals surface area (Å²) in [6.07, 6.45) is 4.20. The van der Waals surface area contributed by atoms with Gasteiger partial charge in [0, 0.05) is 19.1 Å². The van der Waals surface area contributed by atoms with Crippen molar-refractivity contribution in [2.24, 2.45) is 11.8 Å². The van der Waals surface area contributed by atoms with Crippen LogP contribution in [-0.4, -0.2) is 37.1 Å². The van der Waals surface area contributed by atoms with Crippen LogP contribution in [0.2, 0.25) is 0 Å². The Morgan fingerprint density at radius 3 is 2.50 bits per heavy atom. The minimum atomic E-state index is 0.766. The van der Waals surface area contributed by atoms with Gasteiger partial charge in [0.05, 0.1) is 0 Å². The summed E-state index contributed by atoms with van der Waals surface area (Å²) in [5.41, 5.74) is 0. The molecule has 2 nitrogen and oxygen atoms in total. The van der Waals surface area contributed by atoms with E-state index < -0.39 is 0 Å². The van der Waals surface area contributed by atoms with Gasteiger partial charge >= 0.3 is 0 Å². The van der Waals surface area contributed by atoms with Crippen molar-refractivity contribution in [3.63, 3.8) is 0 Å². The molecule has 0 amide bonds. The summed E-state index contributed by atoms with van der Waals surface area (Å²) >= 11 is 0. The lowest BCUT2D eigenvalue weighted by Crippen LogP contribution is -2.47. The van der Waals surface area contributed by atoms with Crippen LogP contribution in [0, 0.1) is 11.8 Å². The fourth-order valence-electron chi connectivity index (χ4n) is 2.54. The Labute approximate surface area is 102 Å². The highest BCUT2D eigenvalue weighted by Crippen LogP contribution is 2.17. The second kappa shape index (κ2) is 7.29. The molecule has 1 aliphatic rings. The number of rotatable bonds is 6.